The molecule has 0 saturated carbocycles. The summed E-state index contributed by atoms with van der Waals surface area (Å²) in [5.41, 5.74) is 0.631. The van der Waals surface area contributed by atoms with Crippen LogP contribution in [0, 0.1) is 23.2 Å². The Kier molecular flexibility index (Phi) is 6.45. The lowest BCUT2D eigenvalue weighted by atomic mass is 9.92. The number of ether oxygens (including phenoxy) is 1. The SMILES string of the molecule is N#Cc1ccc(OCC(=O)N2CC[C@@H]3CN(C(=O)c4ccc5n[nH]nc5c4)C[C@@H]3CC2)c(C(F)(F)F)c1. The number of alkyl halides is 3. The van der Waals surface area contributed by atoms with Crippen LogP contribution in [0.1, 0.15) is 34.3 Å². The third kappa shape index (κ3) is 5.07. The fourth-order valence-electron chi connectivity index (χ4n) is 5.10. The van der Waals surface area contributed by atoms with Crippen LogP contribution in [0.2, 0.25) is 0 Å². The van der Waals surface area contributed by atoms with Crippen molar-refractivity contribution in [3.05, 3.63) is 53.1 Å². The Morgan fingerprint density at radius 3 is 2.41 bits per heavy atom. The maximum atomic E-state index is 13.4. The number of fused-ring (bicyclic) bond motifs is 2. The van der Waals surface area contributed by atoms with E-state index >= 15 is 0 Å². The van der Waals surface area contributed by atoms with E-state index in [0.29, 0.717) is 61.7 Å². The lowest BCUT2D eigenvalue weighted by Gasteiger charge is -2.23. The zero-order valence-electron chi connectivity index (χ0n) is 19.7. The molecule has 0 aliphatic carbocycles. The molecule has 2 aliphatic rings. The van der Waals surface area contributed by atoms with Crippen LogP contribution in [0.3, 0.4) is 0 Å². The molecule has 192 valence electrons. The van der Waals surface area contributed by atoms with Crippen molar-refractivity contribution in [2.45, 2.75) is 19.0 Å². The summed E-state index contributed by atoms with van der Waals surface area (Å²) < 4.78 is 45.3. The molecule has 2 amide bonds. The number of aromatic amines is 1. The molecule has 2 saturated heterocycles. The van der Waals surface area contributed by atoms with E-state index in [0.717, 1.165) is 6.07 Å². The Labute approximate surface area is 209 Å². The van der Waals surface area contributed by atoms with Gasteiger partial charge in [-0.15, -0.1) is 0 Å². The molecule has 2 fully saturated rings. The van der Waals surface area contributed by atoms with E-state index in [9.17, 15) is 22.8 Å². The summed E-state index contributed by atoms with van der Waals surface area (Å²) in [5.74, 6) is -0.486. The fourth-order valence-corrected chi connectivity index (χ4v) is 5.10. The number of H-pyrrole nitrogens is 1. The molecule has 1 N–H and O–H groups in total. The predicted molar refractivity (Wildman–Crippen MR) is 124 cm³/mol. The summed E-state index contributed by atoms with van der Waals surface area (Å²) in [6.45, 7) is 1.52. The lowest BCUT2D eigenvalue weighted by Crippen LogP contribution is -2.37. The van der Waals surface area contributed by atoms with Gasteiger partial charge in [0.25, 0.3) is 11.8 Å². The molecular weight excluding hydrogens is 489 g/mol. The van der Waals surface area contributed by atoms with E-state index in [1.165, 1.54) is 6.07 Å². The first-order chi connectivity index (χ1) is 17.7. The van der Waals surface area contributed by atoms with Crippen LogP contribution < -0.4 is 4.74 Å². The molecule has 2 aromatic carbocycles. The number of benzene rings is 2. The van der Waals surface area contributed by atoms with Crippen LogP contribution in [0.4, 0.5) is 13.2 Å². The number of nitriles is 1. The quantitative estimate of drug-likeness (QED) is 0.574. The van der Waals surface area contributed by atoms with Gasteiger partial charge in [0, 0.05) is 31.7 Å². The van der Waals surface area contributed by atoms with Gasteiger partial charge in [0.2, 0.25) is 0 Å². The average Bonchev–Trinajstić information content (AvgIpc) is 3.48. The van der Waals surface area contributed by atoms with Crippen molar-refractivity contribution in [3.63, 3.8) is 0 Å². The topological polar surface area (TPSA) is 115 Å². The molecule has 3 aromatic rings. The molecule has 1 aromatic heterocycles. The normalized spacial score (nSPS) is 19.8. The van der Waals surface area contributed by atoms with E-state index < -0.39 is 30.0 Å². The van der Waals surface area contributed by atoms with E-state index in [2.05, 4.69) is 15.4 Å². The number of aromatic nitrogens is 3. The van der Waals surface area contributed by atoms with Gasteiger partial charge in [0.1, 0.15) is 16.8 Å². The van der Waals surface area contributed by atoms with Crippen LogP contribution in [-0.4, -0.2) is 69.8 Å². The highest BCUT2D eigenvalue weighted by atomic mass is 19.4. The molecule has 3 heterocycles. The van der Waals surface area contributed by atoms with Crippen molar-refractivity contribution in [1.29, 1.82) is 5.26 Å². The summed E-state index contributed by atoms with van der Waals surface area (Å²) in [6.07, 6.45) is -3.34. The number of nitrogens with zero attached hydrogens (tertiary/aromatic N) is 5. The molecular formula is C25H23F3N6O3. The summed E-state index contributed by atoms with van der Waals surface area (Å²) in [5, 5.41) is 19.5. The second kappa shape index (κ2) is 9.72. The van der Waals surface area contributed by atoms with Gasteiger partial charge in [-0.25, -0.2) is 0 Å². The molecule has 0 bridgehead atoms. The Balaban J connectivity index is 1.17. The van der Waals surface area contributed by atoms with Crippen molar-refractivity contribution in [3.8, 4) is 11.8 Å². The monoisotopic (exact) mass is 512 g/mol. The van der Waals surface area contributed by atoms with Gasteiger partial charge >= 0.3 is 6.18 Å². The number of likely N-dealkylation sites (tertiary alicyclic amines) is 2. The van der Waals surface area contributed by atoms with Crippen molar-refractivity contribution in [2.24, 2.45) is 11.8 Å². The van der Waals surface area contributed by atoms with Gasteiger partial charge in [0.15, 0.2) is 6.61 Å². The second-order valence-electron chi connectivity index (χ2n) is 9.32. The van der Waals surface area contributed by atoms with Gasteiger partial charge < -0.3 is 14.5 Å². The minimum Gasteiger partial charge on any atom is -0.483 e. The van der Waals surface area contributed by atoms with Gasteiger partial charge in [-0.2, -0.15) is 33.8 Å². The molecule has 2 atom stereocenters. The number of nitrogens with one attached hydrogen (secondary N) is 1. The third-order valence-electron chi connectivity index (χ3n) is 7.08. The average molecular weight is 512 g/mol. The molecule has 0 radical (unpaired) electrons. The Hall–Kier alpha value is -4.14. The summed E-state index contributed by atoms with van der Waals surface area (Å²) in [7, 11) is 0. The highest BCUT2D eigenvalue weighted by molar-refractivity contribution is 5.97. The standard InChI is InChI=1S/C25H23F3N6O3/c26-25(27,28)19-9-15(11-29)1-4-22(19)37-14-23(35)33-7-5-17-12-34(13-18(17)6-8-33)24(36)16-2-3-20-21(10-16)31-32-30-20/h1-4,9-10,17-18H,5-8,12-14H2,(H,30,31,32)/t17-,18+. The largest absolute Gasteiger partial charge is 0.483 e. The first-order valence-electron chi connectivity index (χ1n) is 11.8. The van der Waals surface area contributed by atoms with Gasteiger partial charge in [-0.1, -0.05) is 0 Å². The van der Waals surface area contributed by atoms with Crippen molar-refractivity contribution in [1.82, 2.24) is 25.2 Å². The van der Waals surface area contributed by atoms with E-state index in [-0.39, 0.29) is 23.3 Å². The predicted octanol–water partition coefficient (Wildman–Crippen LogP) is 3.24. The van der Waals surface area contributed by atoms with Crippen molar-refractivity contribution >= 4 is 22.8 Å². The van der Waals surface area contributed by atoms with E-state index in [1.807, 2.05) is 4.90 Å². The zero-order valence-corrected chi connectivity index (χ0v) is 19.7. The van der Waals surface area contributed by atoms with Crippen LogP contribution in [0.25, 0.3) is 11.0 Å². The van der Waals surface area contributed by atoms with E-state index in [4.69, 9.17) is 10.00 Å². The van der Waals surface area contributed by atoms with Gasteiger partial charge in [0.05, 0.1) is 17.2 Å². The molecule has 9 nitrogen and oxygen atoms in total. The Morgan fingerprint density at radius 1 is 1.03 bits per heavy atom. The zero-order chi connectivity index (χ0) is 26.2. The molecule has 0 unspecified atom stereocenters. The molecule has 0 spiro atoms. The van der Waals surface area contributed by atoms with Crippen molar-refractivity contribution < 1.29 is 27.5 Å². The van der Waals surface area contributed by atoms with Crippen molar-refractivity contribution in [2.75, 3.05) is 32.8 Å². The number of hydrogen-bond donors (Lipinski definition) is 1. The minimum absolute atomic E-state index is 0.0674. The summed E-state index contributed by atoms with van der Waals surface area (Å²) in [4.78, 5) is 29.3. The summed E-state index contributed by atoms with van der Waals surface area (Å²) in [6, 6.07) is 9.87. The molecule has 37 heavy (non-hydrogen) atoms. The number of rotatable bonds is 4. The number of halogens is 3. The van der Waals surface area contributed by atoms with Crippen LogP contribution in [0.5, 0.6) is 5.75 Å². The fraction of sp³-hybridized carbons (Fsp3) is 0.400. The lowest BCUT2D eigenvalue weighted by molar-refractivity contribution is -0.141. The Bertz CT molecular complexity index is 1370. The highest BCUT2D eigenvalue weighted by Gasteiger charge is 2.38. The van der Waals surface area contributed by atoms with Crippen LogP contribution in [0.15, 0.2) is 36.4 Å². The van der Waals surface area contributed by atoms with Crippen LogP contribution in [-0.2, 0) is 11.0 Å². The second-order valence-corrected chi connectivity index (χ2v) is 9.32. The number of carbonyl (C=O) groups excluding carboxylic acids is 2. The maximum Gasteiger partial charge on any atom is 0.420 e. The number of hydrogen-bond acceptors (Lipinski definition) is 6. The first kappa shape index (κ1) is 24.5. The van der Waals surface area contributed by atoms with Gasteiger partial charge in [-0.05, 0) is 61.1 Å². The summed E-state index contributed by atoms with van der Waals surface area (Å²) >= 11 is 0. The van der Waals surface area contributed by atoms with E-state index in [1.54, 1.807) is 29.2 Å². The third-order valence-corrected chi connectivity index (χ3v) is 7.08. The number of amides is 2. The molecule has 2 aliphatic heterocycles. The highest BCUT2D eigenvalue weighted by Crippen LogP contribution is 2.37. The first-order valence-corrected chi connectivity index (χ1v) is 11.8. The van der Waals surface area contributed by atoms with Crippen LogP contribution >= 0.6 is 0 Å². The molecule has 5 rings (SSSR count). The number of carbonyl (C=O) groups is 2. The van der Waals surface area contributed by atoms with Gasteiger partial charge in [-0.3, -0.25) is 9.59 Å². The Morgan fingerprint density at radius 2 is 1.73 bits per heavy atom. The molecule has 12 heteroatoms. The smallest absolute Gasteiger partial charge is 0.420 e. The minimum atomic E-state index is -4.71. The maximum absolute atomic E-state index is 13.4.